The van der Waals surface area contributed by atoms with E-state index in [0.717, 1.165) is 12.8 Å². The van der Waals surface area contributed by atoms with Crippen molar-refractivity contribution in [2.24, 2.45) is 39.2 Å². The van der Waals surface area contributed by atoms with Gasteiger partial charge in [0.25, 0.3) is 0 Å². The Labute approximate surface area is 161 Å². The molecule has 0 aromatic rings. The maximum Gasteiger partial charge on any atom is 0.307 e. The van der Waals surface area contributed by atoms with Crippen LogP contribution in [0.4, 0.5) is 0 Å². The summed E-state index contributed by atoms with van der Waals surface area (Å²) in [5.74, 6) is -0.771. The largest absolute Gasteiger partial charge is 0.481 e. The first-order valence-corrected chi connectivity index (χ1v) is 10.1. The third-order valence-electron chi connectivity index (χ3n) is 7.05. The molecule has 0 aromatic carbocycles. The fourth-order valence-corrected chi connectivity index (χ4v) is 4.43. The molecule has 1 aliphatic rings. The van der Waals surface area contributed by atoms with Gasteiger partial charge >= 0.3 is 5.97 Å². The van der Waals surface area contributed by atoms with Crippen molar-refractivity contribution in [1.29, 1.82) is 0 Å². The summed E-state index contributed by atoms with van der Waals surface area (Å²) in [6.07, 6.45) is 2.51. The first kappa shape index (κ1) is 23.4. The highest BCUT2D eigenvalue weighted by Gasteiger charge is 2.56. The van der Waals surface area contributed by atoms with Crippen molar-refractivity contribution in [3.8, 4) is 0 Å². The number of nitrogens with two attached hydrogens (primary N) is 1. The lowest BCUT2D eigenvalue weighted by Gasteiger charge is -2.52. The average molecular weight is 370 g/mol. The molecular weight excluding hydrogens is 326 g/mol. The number of hydrogen-bond donors (Lipinski definition) is 2. The van der Waals surface area contributed by atoms with Crippen molar-refractivity contribution in [1.82, 2.24) is 0 Å². The van der Waals surface area contributed by atoms with Crippen LogP contribution in [0.15, 0.2) is 0 Å². The molecule has 1 fully saturated rings. The zero-order valence-corrected chi connectivity index (χ0v) is 18.8. The second-order valence-electron chi connectivity index (χ2n) is 11.5. The number of hydrogen-bond acceptors (Lipinski definition) is 3. The molecule has 1 rings (SSSR count). The third-order valence-corrected chi connectivity index (χ3v) is 7.05. The molecule has 5 unspecified atom stereocenters. The molecule has 0 amide bonds. The Morgan fingerprint density at radius 2 is 1.50 bits per heavy atom. The van der Waals surface area contributed by atoms with Crippen molar-refractivity contribution in [3.63, 3.8) is 0 Å². The molecule has 4 heteroatoms. The maximum atomic E-state index is 12.0. The summed E-state index contributed by atoms with van der Waals surface area (Å²) in [5, 5.41) is 9.88. The van der Waals surface area contributed by atoms with Crippen LogP contribution in [-0.4, -0.2) is 23.4 Å². The van der Waals surface area contributed by atoms with E-state index in [2.05, 4.69) is 48.5 Å². The Balaban J connectivity index is 3.25. The van der Waals surface area contributed by atoms with Crippen LogP contribution in [0.5, 0.6) is 0 Å². The van der Waals surface area contributed by atoms with Crippen LogP contribution in [0.2, 0.25) is 0 Å². The Hall–Kier alpha value is -0.610. The summed E-state index contributed by atoms with van der Waals surface area (Å²) < 4.78 is 5.73. The third kappa shape index (κ3) is 5.22. The number of rotatable bonds is 8. The van der Waals surface area contributed by atoms with Crippen LogP contribution in [-0.2, 0) is 9.53 Å². The molecule has 0 saturated carbocycles. The van der Waals surface area contributed by atoms with Gasteiger partial charge in [-0.2, -0.15) is 0 Å². The number of carboxylic acid groups (broad SMARTS) is 1. The molecule has 0 aliphatic carbocycles. The van der Waals surface area contributed by atoms with Gasteiger partial charge in [0.15, 0.2) is 0 Å². The Bertz CT molecular complexity index is 500. The number of carbonyl (C=O) groups is 1. The van der Waals surface area contributed by atoms with Crippen LogP contribution in [0.3, 0.4) is 0 Å². The summed E-state index contributed by atoms with van der Waals surface area (Å²) in [5.41, 5.74) is 5.75. The molecule has 0 aromatic heterocycles. The van der Waals surface area contributed by atoms with Gasteiger partial charge in [0.05, 0.1) is 5.92 Å². The molecular formula is C22H43NO3. The second-order valence-corrected chi connectivity index (χ2v) is 11.5. The fraction of sp³-hybridized carbons (Fsp3) is 0.955. The highest BCUT2D eigenvalue weighted by molar-refractivity contribution is 5.71. The topological polar surface area (TPSA) is 75.8 Å². The van der Waals surface area contributed by atoms with E-state index in [0.29, 0.717) is 12.3 Å². The highest BCUT2D eigenvalue weighted by Crippen LogP contribution is 2.57. The van der Waals surface area contributed by atoms with Gasteiger partial charge in [-0.3, -0.25) is 4.79 Å². The van der Waals surface area contributed by atoms with Crippen LogP contribution >= 0.6 is 0 Å². The minimum atomic E-state index is -0.695. The quantitative estimate of drug-likeness (QED) is 0.569. The predicted octanol–water partition coefficient (Wildman–Crippen LogP) is 5.30. The lowest BCUT2D eigenvalue weighted by Crippen LogP contribution is -2.48. The van der Waals surface area contributed by atoms with Gasteiger partial charge in [-0.1, -0.05) is 75.7 Å². The molecule has 0 spiro atoms. The molecule has 4 nitrogen and oxygen atoms in total. The van der Waals surface area contributed by atoms with Crippen molar-refractivity contribution >= 4 is 5.97 Å². The molecule has 3 N–H and O–H groups in total. The standard InChI is InChI=1S/C22H43NO3/c1-11-22(10,13-15(18(24)25)20(5,6)7)21(8,9)14(12-19(2,3)4)16-17(23)26-16/h14-17H,11-13,23H2,1-10H3,(H,24,25). The Morgan fingerprint density at radius 3 is 1.77 bits per heavy atom. The number of aliphatic carboxylic acids is 1. The van der Waals surface area contributed by atoms with Gasteiger partial charge < -0.3 is 15.6 Å². The summed E-state index contributed by atoms with van der Waals surface area (Å²) in [4.78, 5) is 12.0. The van der Waals surface area contributed by atoms with Gasteiger partial charge in [-0.15, -0.1) is 0 Å². The lowest BCUT2D eigenvalue weighted by atomic mass is 9.52. The minimum Gasteiger partial charge on any atom is -0.481 e. The molecule has 5 atom stereocenters. The molecule has 1 aliphatic heterocycles. The first-order chi connectivity index (χ1) is 11.5. The van der Waals surface area contributed by atoms with E-state index in [9.17, 15) is 9.90 Å². The van der Waals surface area contributed by atoms with E-state index in [-0.39, 0.29) is 39.9 Å². The van der Waals surface area contributed by atoms with E-state index in [1.807, 2.05) is 20.8 Å². The molecule has 1 heterocycles. The van der Waals surface area contributed by atoms with Crippen molar-refractivity contribution in [3.05, 3.63) is 0 Å². The lowest BCUT2D eigenvalue weighted by molar-refractivity contribution is -0.149. The van der Waals surface area contributed by atoms with Crippen LogP contribution < -0.4 is 5.73 Å². The Morgan fingerprint density at radius 1 is 1.04 bits per heavy atom. The smallest absolute Gasteiger partial charge is 0.307 e. The van der Waals surface area contributed by atoms with E-state index in [4.69, 9.17) is 10.5 Å². The van der Waals surface area contributed by atoms with Gasteiger partial charge in [0, 0.05) is 0 Å². The average Bonchev–Trinajstić information content (AvgIpc) is 3.15. The van der Waals surface area contributed by atoms with E-state index >= 15 is 0 Å². The van der Waals surface area contributed by atoms with E-state index in [1.165, 1.54) is 0 Å². The summed E-state index contributed by atoms with van der Waals surface area (Å²) >= 11 is 0. The number of ether oxygens (including phenoxy) is 1. The van der Waals surface area contributed by atoms with E-state index in [1.54, 1.807) is 0 Å². The number of epoxide rings is 1. The monoisotopic (exact) mass is 369 g/mol. The Kier molecular flexibility index (Phi) is 6.69. The number of carboxylic acids is 1. The molecule has 26 heavy (non-hydrogen) atoms. The second kappa shape index (κ2) is 7.43. The SMILES string of the molecule is CCC(C)(CC(C(=O)O)C(C)(C)C)C(C)(C)C(CC(C)(C)C)C1OC1N. The van der Waals surface area contributed by atoms with Crippen molar-refractivity contribution in [2.75, 3.05) is 0 Å². The van der Waals surface area contributed by atoms with Gasteiger partial charge in [-0.05, 0) is 40.4 Å². The summed E-state index contributed by atoms with van der Waals surface area (Å²) in [7, 11) is 0. The molecule has 0 radical (unpaired) electrons. The molecule has 0 bridgehead atoms. The van der Waals surface area contributed by atoms with Crippen molar-refractivity contribution in [2.45, 2.75) is 101 Å². The zero-order chi connectivity index (χ0) is 20.7. The molecule has 1 saturated heterocycles. The van der Waals surface area contributed by atoms with E-state index < -0.39 is 5.97 Å². The van der Waals surface area contributed by atoms with Crippen LogP contribution in [0, 0.1) is 33.5 Å². The van der Waals surface area contributed by atoms with Gasteiger partial charge in [0.1, 0.15) is 12.3 Å². The highest BCUT2D eigenvalue weighted by atomic mass is 16.6. The first-order valence-electron chi connectivity index (χ1n) is 10.1. The van der Waals surface area contributed by atoms with Crippen LogP contribution in [0.1, 0.15) is 88.5 Å². The zero-order valence-electron chi connectivity index (χ0n) is 18.8. The van der Waals surface area contributed by atoms with Gasteiger partial charge in [-0.25, -0.2) is 0 Å². The summed E-state index contributed by atoms with van der Waals surface area (Å²) in [6.45, 7) is 21.9. The minimum absolute atomic E-state index is 0.0769. The predicted molar refractivity (Wildman–Crippen MR) is 108 cm³/mol. The van der Waals surface area contributed by atoms with Crippen LogP contribution in [0.25, 0.3) is 0 Å². The van der Waals surface area contributed by atoms with Gasteiger partial charge in [0.2, 0.25) is 0 Å². The van der Waals surface area contributed by atoms with Crippen molar-refractivity contribution < 1.29 is 14.6 Å². The summed E-state index contributed by atoms with van der Waals surface area (Å²) in [6, 6.07) is 0. The molecule has 154 valence electrons. The fourth-order valence-electron chi connectivity index (χ4n) is 4.43. The maximum absolute atomic E-state index is 12.0. The normalized spacial score (nSPS) is 26.1.